The maximum Gasteiger partial charge on any atom is 0.324 e. The van der Waals surface area contributed by atoms with Gasteiger partial charge in [0.25, 0.3) is 0 Å². The maximum atomic E-state index is 12.3. The second-order valence-corrected chi connectivity index (χ2v) is 6.63. The number of aryl methyl sites for hydroxylation is 2. The standard InChI is InChI=1S/C18H22ClN5O3/c1-11-5-15(23-18(25)24-17-9-21-12(2)7-22-17)16(6-14(11)19)27-10-13-8-20-3-4-26-13/h5-7,9,13,20H,3-4,8,10H2,1-2H3,(H2,22,23,24,25). The molecule has 8 nitrogen and oxygen atoms in total. The number of nitrogens with zero attached hydrogens (tertiary/aromatic N) is 2. The van der Waals surface area contributed by atoms with Crippen molar-refractivity contribution in [3.05, 3.63) is 40.8 Å². The van der Waals surface area contributed by atoms with Crippen LogP contribution in [-0.4, -0.2) is 48.4 Å². The van der Waals surface area contributed by atoms with Crippen molar-refractivity contribution in [2.24, 2.45) is 0 Å². The first kappa shape index (κ1) is 19.3. The number of carbonyl (C=O) groups is 1. The number of anilines is 2. The molecule has 27 heavy (non-hydrogen) atoms. The Bertz CT molecular complexity index is 794. The number of ether oxygens (including phenoxy) is 2. The van der Waals surface area contributed by atoms with Gasteiger partial charge in [0.2, 0.25) is 0 Å². The first-order valence-corrected chi connectivity index (χ1v) is 9.01. The molecule has 3 rings (SSSR count). The topological polar surface area (TPSA) is 97.4 Å². The SMILES string of the molecule is Cc1cnc(NC(=O)Nc2cc(C)c(Cl)cc2OCC2CNCCO2)cn1. The molecule has 144 valence electrons. The Morgan fingerprint density at radius 3 is 2.89 bits per heavy atom. The number of hydrogen-bond donors (Lipinski definition) is 3. The molecule has 1 saturated heterocycles. The summed E-state index contributed by atoms with van der Waals surface area (Å²) in [6.07, 6.45) is 3.02. The normalized spacial score (nSPS) is 16.6. The largest absolute Gasteiger partial charge is 0.489 e. The summed E-state index contributed by atoms with van der Waals surface area (Å²) in [5, 5.41) is 9.21. The Hall–Kier alpha value is -2.42. The van der Waals surface area contributed by atoms with Crippen LogP contribution in [0.15, 0.2) is 24.5 Å². The molecule has 0 spiro atoms. The molecule has 1 unspecified atom stereocenters. The van der Waals surface area contributed by atoms with Crippen molar-refractivity contribution >= 4 is 29.1 Å². The van der Waals surface area contributed by atoms with Crippen molar-refractivity contribution in [3.8, 4) is 5.75 Å². The van der Waals surface area contributed by atoms with Crippen LogP contribution in [-0.2, 0) is 4.74 Å². The Balaban J connectivity index is 1.67. The van der Waals surface area contributed by atoms with E-state index in [1.807, 2.05) is 13.8 Å². The third-order valence-electron chi connectivity index (χ3n) is 3.96. The van der Waals surface area contributed by atoms with E-state index >= 15 is 0 Å². The zero-order valence-corrected chi connectivity index (χ0v) is 16.0. The molecule has 9 heteroatoms. The number of benzene rings is 1. The monoisotopic (exact) mass is 391 g/mol. The highest BCUT2D eigenvalue weighted by molar-refractivity contribution is 6.31. The van der Waals surface area contributed by atoms with Crippen LogP contribution in [0.5, 0.6) is 5.75 Å². The van der Waals surface area contributed by atoms with E-state index in [0.717, 1.165) is 24.3 Å². The molecule has 2 aromatic rings. The molecule has 2 amide bonds. The summed E-state index contributed by atoms with van der Waals surface area (Å²) in [6, 6.07) is 3.00. The van der Waals surface area contributed by atoms with Crippen molar-refractivity contribution in [1.29, 1.82) is 0 Å². The quantitative estimate of drug-likeness (QED) is 0.725. The third-order valence-corrected chi connectivity index (χ3v) is 4.37. The number of urea groups is 1. The van der Waals surface area contributed by atoms with Crippen LogP contribution in [0.4, 0.5) is 16.3 Å². The second kappa shape index (κ2) is 8.98. The lowest BCUT2D eigenvalue weighted by Crippen LogP contribution is -2.41. The van der Waals surface area contributed by atoms with E-state index in [9.17, 15) is 4.79 Å². The van der Waals surface area contributed by atoms with Crippen LogP contribution in [0.2, 0.25) is 5.02 Å². The fraction of sp³-hybridized carbons (Fsp3) is 0.389. The minimum absolute atomic E-state index is 0.0525. The first-order valence-electron chi connectivity index (χ1n) is 8.63. The molecular formula is C18H22ClN5O3. The van der Waals surface area contributed by atoms with Crippen molar-refractivity contribution in [3.63, 3.8) is 0 Å². The molecule has 1 fully saturated rings. The van der Waals surface area contributed by atoms with Gasteiger partial charge in [-0.25, -0.2) is 9.78 Å². The molecule has 1 aliphatic rings. The van der Waals surface area contributed by atoms with Gasteiger partial charge < -0.3 is 20.1 Å². The Morgan fingerprint density at radius 2 is 2.19 bits per heavy atom. The first-order chi connectivity index (χ1) is 13.0. The maximum absolute atomic E-state index is 12.3. The van der Waals surface area contributed by atoms with E-state index in [4.69, 9.17) is 21.1 Å². The summed E-state index contributed by atoms with van der Waals surface area (Å²) >= 11 is 6.22. The van der Waals surface area contributed by atoms with E-state index < -0.39 is 6.03 Å². The van der Waals surface area contributed by atoms with Gasteiger partial charge in [0.05, 0.1) is 30.4 Å². The van der Waals surface area contributed by atoms with Crippen LogP contribution in [0.1, 0.15) is 11.3 Å². The van der Waals surface area contributed by atoms with Gasteiger partial charge in [0.1, 0.15) is 18.5 Å². The molecule has 1 atom stereocenters. The molecule has 1 aliphatic heterocycles. The zero-order chi connectivity index (χ0) is 19.2. The summed E-state index contributed by atoms with van der Waals surface area (Å²) in [5.41, 5.74) is 2.10. The van der Waals surface area contributed by atoms with Gasteiger partial charge in [-0.3, -0.25) is 10.3 Å². The molecule has 0 aliphatic carbocycles. The molecule has 3 N–H and O–H groups in total. The molecule has 1 aromatic carbocycles. The van der Waals surface area contributed by atoms with E-state index in [1.54, 1.807) is 18.3 Å². The highest BCUT2D eigenvalue weighted by Gasteiger charge is 2.17. The van der Waals surface area contributed by atoms with Crippen LogP contribution in [0.25, 0.3) is 0 Å². The lowest BCUT2D eigenvalue weighted by molar-refractivity contribution is 0.000351. The number of nitrogens with one attached hydrogen (secondary N) is 3. The average Bonchev–Trinajstić information content (AvgIpc) is 2.66. The fourth-order valence-corrected chi connectivity index (χ4v) is 2.67. The van der Waals surface area contributed by atoms with E-state index in [-0.39, 0.29) is 6.10 Å². The molecule has 2 heterocycles. The van der Waals surface area contributed by atoms with Gasteiger partial charge in [-0.05, 0) is 25.5 Å². The van der Waals surface area contributed by atoms with Gasteiger partial charge in [0.15, 0.2) is 5.82 Å². The Kier molecular flexibility index (Phi) is 6.44. The summed E-state index contributed by atoms with van der Waals surface area (Å²) in [6.45, 7) is 6.23. The summed E-state index contributed by atoms with van der Waals surface area (Å²) < 4.78 is 11.5. The third kappa shape index (κ3) is 5.53. The number of hydrogen-bond acceptors (Lipinski definition) is 6. The van der Waals surface area contributed by atoms with Crippen LogP contribution < -0.4 is 20.7 Å². The lowest BCUT2D eigenvalue weighted by Gasteiger charge is -2.24. The molecular weight excluding hydrogens is 370 g/mol. The Labute approximate surface area is 162 Å². The minimum atomic E-state index is -0.449. The predicted molar refractivity (Wildman–Crippen MR) is 104 cm³/mol. The number of morpholine rings is 1. The van der Waals surface area contributed by atoms with Crippen LogP contribution in [0.3, 0.4) is 0 Å². The van der Waals surface area contributed by atoms with Crippen molar-refractivity contribution < 1.29 is 14.3 Å². The van der Waals surface area contributed by atoms with Gasteiger partial charge in [-0.2, -0.15) is 0 Å². The molecule has 0 bridgehead atoms. The highest BCUT2D eigenvalue weighted by Crippen LogP contribution is 2.31. The van der Waals surface area contributed by atoms with Gasteiger partial charge in [-0.15, -0.1) is 0 Å². The highest BCUT2D eigenvalue weighted by atomic mass is 35.5. The van der Waals surface area contributed by atoms with Crippen molar-refractivity contribution in [2.45, 2.75) is 20.0 Å². The predicted octanol–water partition coefficient (Wildman–Crippen LogP) is 2.76. The van der Waals surface area contributed by atoms with Crippen molar-refractivity contribution in [2.75, 3.05) is 36.9 Å². The number of rotatable bonds is 5. The zero-order valence-electron chi connectivity index (χ0n) is 15.2. The van der Waals surface area contributed by atoms with Crippen LogP contribution >= 0.6 is 11.6 Å². The number of aromatic nitrogens is 2. The summed E-state index contributed by atoms with van der Waals surface area (Å²) in [5.74, 6) is 0.831. The number of carbonyl (C=O) groups excluding carboxylic acids is 1. The molecule has 0 saturated carbocycles. The van der Waals surface area contributed by atoms with Gasteiger partial charge >= 0.3 is 6.03 Å². The smallest absolute Gasteiger partial charge is 0.324 e. The number of halogens is 1. The minimum Gasteiger partial charge on any atom is -0.489 e. The number of amides is 2. The second-order valence-electron chi connectivity index (χ2n) is 6.23. The van der Waals surface area contributed by atoms with Crippen molar-refractivity contribution in [1.82, 2.24) is 15.3 Å². The van der Waals surface area contributed by atoms with E-state index in [2.05, 4.69) is 25.9 Å². The summed E-state index contributed by atoms with van der Waals surface area (Å²) in [7, 11) is 0. The fourth-order valence-electron chi connectivity index (χ4n) is 2.52. The molecule has 0 radical (unpaired) electrons. The Morgan fingerprint density at radius 1 is 1.33 bits per heavy atom. The van der Waals surface area contributed by atoms with Gasteiger partial charge in [0, 0.05) is 24.2 Å². The molecule has 1 aromatic heterocycles. The lowest BCUT2D eigenvalue weighted by atomic mass is 10.2. The average molecular weight is 392 g/mol. The van der Waals surface area contributed by atoms with E-state index in [0.29, 0.717) is 35.5 Å². The van der Waals surface area contributed by atoms with Crippen LogP contribution in [0, 0.1) is 13.8 Å². The van der Waals surface area contributed by atoms with Gasteiger partial charge in [-0.1, -0.05) is 11.6 Å². The summed E-state index contributed by atoms with van der Waals surface area (Å²) in [4.78, 5) is 20.5. The van der Waals surface area contributed by atoms with E-state index in [1.165, 1.54) is 6.20 Å².